The van der Waals surface area contributed by atoms with Gasteiger partial charge in [-0.1, -0.05) is 35.0 Å². The van der Waals surface area contributed by atoms with Crippen molar-refractivity contribution >= 4 is 46.3 Å². The lowest BCUT2D eigenvalue weighted by Gasteiger charge is -2.08. The van der Waals surface area contributed by atoms with E-state index >= 15 is 0 Å². The first kappa shape index (κ1) is 20.6. The summed E-state index contributed by atoms with van der Waals surface area (Å²) in [6.45, 7) is 3.05. The number of thiazole rings is 1. The smallest absolute Gasteiger partial charge is 0.231 e. The van der Waals surface area contributed by atoms with Crippen molar-refractivity contribution in [2.75, 3.05) is 6.79 Å². The number of nitrogens with zero attached hydrogens (tertiary/aromatic N) is 4. The molecule has 2 aromatic heterocycles. The molecule has 158 valence electrons. The zero-order valence-electron chi connectivity index (χ0n) is 16.3. The minimum absolute atomic E-state index is 0.264. The van der Waals surface area contributed by atoms with Crippen LogP contribution in [0.4, 0.5) is 0 Å². The molecule has 0 fully saturated rings. The fourth-order valence-corrected chi connectivity index (χ4v) is 5.53. The Labute approximate surface area is 197 Å². The van der Waals surface area contributed by atoms with Crippen LogP contribution in [0.3, 0.4) is 0 Å². The quantitative estimate of drug-likeness (QED) is 0.290. The van der Waals surface area contributed by atoms with E-state index in [0.717, 1.165) is 50.9 Å². The third-order valence-electron chi connectivity index (χ3n) is 4.73. The van der Waals surface area contributed by atoms with Crippen LogP contribution in [0.25, 0.3) is 22.0 Å². The molecular weight excluding hydrogens is 475 g/mol. The van der Waals surface area contributed by atoms with E-state index in [-0.39, 0.29) is 6.79 Å². The van der Waals surface area contributed by atoms with Gasteiger partial charge in [0.1, 0.15) is 5.01 Å². The summed E-state index contributed by atoms with van der Waals surface area (Å²) in [6, 6.07) is 11.3. The Morgan fingerprint density at radius 1 is 1.10 bits per heavy atom. The molecule has 0 atom stereocenters. The van der Waals surface area contributed by atoms with E-state index in [4.69, 9.17) is 37.7 Å². The van der Waals surface area contributed by atoms with E-state index < -0.39 is 0 Å². The summed E-state index contributed by atoms with van der Waals surface area (Å²) in [5.74, 6) is 2.94. The summed E-state index contributed by atoms with van der Waals surface area (Å²) in [7, 11) is 0. The van der Waals surface area contributed by atoms with Crippen molar-refractivity contribution in [2.45, 2.75) is 24.4 Å². The predicted octanol–water partition coefficient (Wildman–Crippen LogP) is 6.42. The normalized spacial score (nSPS) is 12.5. The monoisotopic (exact) mass is 490 g/mol. The fraction of sp³-hybridized carbons (Fsp3) is 0.190. The van der Waals surface area contributed by atoms with Crippen LogP contribution >= 0.6 is 46.3 Å². The highest BCUT2D eigenvalue weighted by molar-refractivity contribution is 7.98. The first-order chi connectivity index (χ1) is 15.1. The molecule has 3 heterocycles. The molecule has 4 aromatic rings. The number of halogens is 2. The zero-order valence-corrected chi connectivity index (χ0v) is 19.5. The van der Waals surface area contributed by atoms with Gasteiger partial charge >= 0.3 is 0 Å². The maximum absolute atomic E-state index is 6.37. The molecule has 2 aromatic carbocycles. The van der Waals surface area contributed by atoms with Crippen LogP contribution in [0.2, 0.25) is 10.0 Å². The number of ether oxygens (including phenoxy) is 2. The van der Waals surface area contributed by atoms with Gasteiger partial charge in [-0.3, -0.25) is 0 Å². The van der Waals surface area contributed by atoms with Crippen LogP contribution < -0.4 is 9.47 Å². The summed E-state index contributed by atoms with van der Waals surface area (Å²) < 4.78 is 12.9. The second-order valence-corrected chi connectivity index (χ2v) is 9.32. The number of thioether (sulfide) groups is 1. The summed E-state index contributed by atoms with van der Waals surface area (Å²) in [5.41, 5.74) is 2.81. The van der Waals surface area contributed by atoms with Gasteiger partial charge in [-0.15, -0.1) is 21.5 Å². The third-order valence-corrected chi connectivity index (χ3v) is 7.21. The highest BCUT2D eigenvalue weighted by atomic mass is 35.5. The zero-order chi connectivity index (χ0) is 21.4. The van der Waals surface area contributed by atoms with Gasteiger partial charge in [0.2, 0.25) is 6.79 Å². The van der Waals surface area contributed by atoms with Crippen molar-refractivity contribution in [1.29, 1.82) is 0 Å². The van der Waals surface area contributed by atoms with Crippen LogP contribution in [0.15, 0.2) is 46.9 Å². The standard InChI is InChI=1S/C21H16Cl2N4O2S2/c1-2-27-19(15-5-4-13(22)8-16(15)23)25-26-21(27)31-10-14-9-30-20(24-14)12-3-6-17-18(7-12)29-11-28-17/h3-9H,2,10-11H2,1H3. The Kier molecular flexibility index (Phi) is 5.79. The van der Waals surface area contributed by atoms with Crippen molar-refractivity contribution in [1.82, 2.24) is 19.7 Å². The Morgan fingerprint density at radius 3 is 2.81 bits per heavy atom. The summed E-state index contributed by atoms with van der Waals surface area (Å²) in [6.07, 6.45) is 0. The van der Waals surface area contributed by atoms with Gasteiger partial charge in [-0.2, -0.15) is 0 Å². The van der Waals surface area contributed by atoms with E-state index in [0.29, 0.717) is 15.8 Å². The molecule has 0 radical (unpaired) electrons. The Hall–Kier alpha value is -2.26. The molecule has 0 saturated carbocycles. The highest BCUT2D eigenvalue weighted by Crippen LogP contribution is 2.37. The fourth-order valence-electron chi connectivity index (χ4n) is 3.22. The maximum atomic E-state index is 6.37. The predicted molar refractivity (Wildman–Crippen MR) is 124 cm³/mol. The van der Waals surface area contributed by atoms with Gasteiger partial charge in [-0.05, 0) is 43.3 Å². The van der Waals surface area contributed by atoms with E-state index in [2.05, 4.69) is 22.5 Å². The Bertz CT molecular complexity index is 1260. The second kappa shape index (κ2) is 8.70. The average molecular weight is 491 g/mol. The van der Waals surface area contributed by atoms with Gasteiger partial charge in [0.15, 0.2) is 22.5 Å². The number of hydrogen-bond donors (Lipinski definition) is 0. The van der Waals surface area contributed by atoms with Gasteiger partial charge in [0, 0.05) is 33.8 Å². The molecule has 0 amide bonds. The van der Waals surface area contributed by atoms with Gasteiger partial charge < -0.3 is 14.0 Å². The Morgan fingerprint density at radius 2 is 1.97 bits per heavy atom. The van der Waals surface area contributed by atoms with E-state index in [1.54, 1.807) is 35.2 Å². The molecule has 10 heteroatoms. The van der Waals surface area contributed by atoms with Crippen LogP contribution in [0.1, 0.15) is 12.6 Å². The SMILES string of the molecule is CCn1c(SCc2csc(-c3ccc4c(c3)OCO4)n2)nnc1-c1ccc(Cl)cc1Cl. The van der Waals surface area contributed by atoms with Crippen molar-refractivity contribution in [3.63, 3.8) is 0 Å². The lowest BCUT2D eigenvalue weighted by atomic mass is 10.2. The Balaban J connectivity index is 1.33. The van der Waals surface area contributed by atoms with E-state index in [9.17, 15) is 0 Å². The van der Waals surface area contributed by atoms with Crippen LogP contribution in [-0.2, 0) is 12.3 Å². The molecule has 6 nitrogen and oxygen atoms in total. The number of benzene rings is 2. The largest absolute Gasteiger partial charge is 0.454 e. The molecule has 0 spiro atoms. The topological polar surface area (TPSA) is 62.1 Å². The molecule has 5 rings (SSSR count). The third kappa shape index (κ3) is 4.13. The number of aromatic nitrogens is 4. The van der Waals surface area contributed by atoms with E-state index in [1.165, 1.54) is 0 Å². The van der Waals surface area contributed by atoms with Crippen molar-refractivity contribution in [3.05, 3.63) is 57.5 Å². The van der Waals surface area contributed by atoms with Crippen molar-refractivity contribution < 1.29 is 9.47 Å². The molecule has 1 aliphatic heterocycles. The highest BCUT2D eigenvalue weighted by Gasteiger charge is 2.18. The summed E-state index contributed by atoms with van der Waals surface area (Å²) >= 11 is 15.6. The molecule has 31 heavy (non-hydrogen) atoms. The number of fused-ring (bicyclic) bond motifs is 1. The molecule has 0 aliphatic carbocycles. The number of rotatable bonds is 6. The lowest BCUT2D eigenvalue weighted by Crippen LogP contribution is -2.00. The second-order valence-electron chi connectivity index (χ2n) is 6.68. The summed E-state index contributed by atoms with van der Waals surface area (Å²) in [5, 5.41) is 13.7. The van der Waals surface area contributed by atoms with Crippen LogP contribution in [-0.4, -0.2) is 26.5 Å². The number of hydrogen-bond acceptors (Lipinski definition) is 7. The first-order valence-electron chi connectivity index (χ1n) is 9.48. The summed E-state index contributed by atoms with van der Waals surface area (Å²) in [4.78, 5) is 4.77. The maximum Gasteiger partial charge on any atom is 0.231 e. The van der Waals surface area contributed by atoms with Crippen molar-refractivity contribution in [3.8, 4) is 33.5 Å². The van der Waals surface area contributed by atoms with Crippen LogP contribution in [0, 0.1) is 0 Å². The van der Waals surface area contributed by atoms with Gasteiger partial charge in [0.05, 0.1) is 10.7 Å². The van der Waals surface area contributed by atoms with Crippen LogP contribution in [0.5, 0.6) is 11.5 Å². The molecule has 0 unspecified atom stereocenters. The first-order valence-corrected chi connectivity index (χ1v) is 12.1. The molecule has 0 bridgehead atoms. The molecular formula is C21H16Cl2N4O2S2. The lowest BCUT2D eigenvalue weighted by molar-refractivity contribution is 0.174. The minimum Gasteiger partial charge on any atom is -0.454 e. The van der Waals surface area contributed by atoms with Crippen molar-refractivity contribution in [2.24, 2.45) is 0 Å². The van der Waals surface area contributed by atoms with E-state index in [1.807, 2.05) is 28.8 Å². The molecule has 0 N–H and O–H groups in total. The average Bonchev–Trinajstić information content (AvgIpc) is 3.50. The molecule has 0 saturated heterocycles. The molecule has 1 aliphatic rings. The minimum atomic E-state index is 0.264. The van der Waals surface area contributed by atoms with Gasteiger partial charge in [0.25, 0.3) is 0 Å². The van der Waals surface area contributed by atoms with Gasteiger partial charge in [-0.25, -0.2) is 4.98 Å².